The van der Waals surface area contributed by atoms with Crippen molar-refractivity contribution in [3.63, 3.8) is 0 Å². The Morgan fingerprint density at radius 3 is 0.851 bits per heavy atom. The maximum absolute atomic E-state index is 10.2. The van der Waals surface area contributed by atoms with Crippen LogP contribution in [0, 0.1) is 11.8 Å². The highest BCUT2D eigenvalue weighted by Gasteiger charge is 2.41. The van der Waals surface area contributed by atoms with E-state index in [1.54, 1.807) is 135 Å². The quantitative estimate of drug-likeness (QED) is 0.0699. The molecule has 15 aliphatic rings. The van der Waals surface area contributed by atoms with E-state index in [-0.39, 0.29) is 11.5 Å². The van der Waals surface area contributed by atoms with Crippen LogP contribution >= 0.6 is 11.3 Å². The Hall–Kier alpha value is -8.72. The number of nitrogens with zero attached hydrogens (tertiary/aromatic N) is 10. The van der Waals surface area contributed by atoms with E-state index in [0.29, 0.717) is 0 Å². The second kappa shape index (κ2) is 96.7. The molecule has 15 fully saturated rings. The minimum Gasteiger partial charge on any atom is -0.381 e. The fourth-order valence-electron chi connectivity index (χ4n) is 10.4. The molecule has 2 bridgehead atoms. The lowest BCUT2D eigenvalue weighted by Crippen LogP contribution is -2.38. The zero-order chi connectivity index (χ0) is 85.6. The zero-order valence-electron chi connectivity index (χ0n) is 73.9. The van der Waals surface area contributed by atoms with Crippen molar-refractivity contribution < 1.29 is 23.7 Å². The Kier molecular flexibility index (Phi) is 86.6. The number of aromatic amines is 6. The van der Waals surface area contributed by atoms with Gasteiger partial charge in [-0.05, 0) is 177 Å². The summed E-state index contributed by atoms with van der Waals surface area (Å²) in [5.74, 6) is 2.62. The SMILES string of the molecule is C1C2CC1C2.C1CC1.C1CCC1.C1CCC1.C1CCC1.C1CCCCC1.C1CCCCC1.C1CCNC1.C1CCOC1.C1CCOCC1.C1CCOCC1.C1CCOCC1.O=C1CCCN1.O=c1cccc[nH]1.c1c[nH]cn1.c1cc[nH]c1.c1ccccc1.c1ccncc1.c1cn[nH]c1.c1cn[nH]n1.c1cncnc1.c1cscn1.c1nc[nH]n1. The minimum atomic E-state index is -0.0532. The predicted molar refractivity (Wildman–Crippen MR) is 497 cm³/mol. The summed E-state index contributed by atoms with van der Waals surface area (Å²) in [6.07, 6.45) is 94.3. The summed E-state index contributed by atoms with van der Waals surface area (Å²) in [6, 6.07) is 30.1. The summed E-state index contributed by atoms with van der Waals surface area (Å²) in [5.41, 5.74) is 1.74. The molecule has 8 N–H and O–H groups in total. The smallest absolute Gasteiger partial charge is 0.247 e. The molecule has 10 aromatic rings. The third-order valence-electron chi connectivity index (χ3n) is 19.0. The van der Waals surface area contributed by atoms with E-state index >= 15 is 0 Å². The fourth-order valence-corrected chi connectivity index (χ4v) is 10.7. The first kappa shape index (κ1) is 108. The van der Waals surface area contributed by atoms with Gasteiger partial charge in [0.05, 0.1) is 24.2 Å². The van der Waals surface area contributed by atoms with Crippen molar-refractivity contribution in [3.8, 4) is 0 Å². The number of H-pyrrole nitrogens is 6. The molecular formula is C96H158N18O6S. The van der Waals surface area contributed by atoms with Crippen LogP contribution in [-0.4, -0.2) is 159 Å². The minimum absolute atomic E-state index is 0.0532. The normalized spacial score (nSPS) is 18.0. The van der Waals surface area contributed by atoms with Crippen molar-refractivity contribution in [1.82, 2.24) is 91.3 Å². The van der Waals surface area contributed by atoms with Crippen LogP contribution in [0.3, 0.4) is 0 Å². The Morgan fingerprint density at radius 2 is 0.719 bits per heavy atom. The lowest BCUT2D eigenvalue weighted by atomic mass is 9.56. The van der Waals surface area contributed by atoms with E-state index in [2.05, 4.69) is 91.3 Å². The van der Waals surface area contributed by atoms with Gasteiger partial charge in [-0.15, -0.1) is 11.3 Å². The van der Waals surface area contributed by atoms with Crippen LogP contribution in [0.4, 0.5) is 0 Å². The second-order valence-corrected chi connectivity index (χ2v) is 30.7. The van der Waals surface area contributed by atoms with Gasteiger partial charge in [0.2, 0.25) is 11.5 Å². The summed E-state index contributed by atoms with van der Waals surface area (Å²) in [4.78, 5) is 50.5. The van der Waals surface area contributed by atoms with E-state index < -0.39 is 0 Å². The largest absolute Gasteiger partial charge is 0.381 e. The third kappa shape index (κ3) is 93.4. The molecule has 15 heterocycles. The average Bonchev–Trinajstić information content (AvgIpc) is 1.25. The van der Waals surface area contributed by atoms with E-state index in [9.17, 15) is 9.59 Å². The number of benzene rings is 1. The highest BCUT2D eigenvalue weighted by Crippen LogP contribution is 2.53. The molecule has 9 saturated carbocycles. The molecule has 674 valence electrons. The topological polar surface area (TPSA) is 319 Å². The number of aromatic nitrogens is 16. The first-order valence-electron chi connectivity index (χ1n) is 46.1. The van der Waals surface area contributed by atoms with Crippen molar-refractivity contribution in [2.45, 2.75) is 289 Å². The van der Waals surface area contributed by atoms with E-state index in [0.717, 1.165) is 72.2 Å². The summed E-state index contributed by atoms with van der Waals surface area (Å²) in [7, 11) is 0. The second-order valence-electron chi connectivity index (χ2n) is 29.9. The van der Waals surface area contributed by atoms with Gasteiger partial charge in [-0.1, -0.05) is 222 Å². The maximum atomic E-state index is 10.2. The molecule has 0 atom stereocenters. The van der Waals surface area contributed by atoms with Gasteiger partial charge in [0.25, 0.3) is 0 Å². The maximum Gasteiger partial charge on any atom is 0.247 e. The van der Waals surface area contributed by atoms with Crippen molar-refractivity contribution >= 4 is 17.2 Å². The molecule has 0 unspecified atom stereocenters. The molecule has 24 nitrogen and oxygen atoms in total. The van der Waals surface area contributed by atoms with Crippen molar-refractivity contribution in [3.05, 3.63) is 230 Å². The highest BCUT2D eigenvalue weighted by atomic mass is 32.1. The molecule has 1 amide bonds. The van der Waals surface area contributed by atoms with E-state index in [1.807, 2.05) is 90.6 Å². The van der Waals surface area contributed by atoms with Gasteiger partial charge in [0.15, 0.2) is 0 Å². The van der Waals surface area contributed by atoms with Crippen LogP contribution in [0.2, 0.25) is 0 Å². The number of nitrogens with one attached hydrogen (secondary N) is 8. The monoisotopic (exact) mass is 1690 g/mol. The van der Waals surface area contributed by atoms with E-state index in [1.165, 1.54) is 307 Å². The van der Waals surface area contributed by atoms with Crippen LogP contribution in [0.15, 0.2) is 225 Å². The Morgan fingerprint density at radius 1 is 0.298 bits per heavy atom. The number of amides is 1. The van der Waals surface area contributed by atoms with Crippen molar-refractivity contribution in [2.75, 3.05) is 72.5 Å². The van der Waals surface area contributed by atoms with Gasteiger partial charge in [-0.2, -0.15) is 25.6 Å². The lowest BCUT2D eigenvalue weighted by molar-refractivity contribution is -0.119. The number of carbonyl (C=O) groups excluding carboxylic acids is 1. The molecule has 121 heavy (non-hydrogen) atoms. The standard InChI is InChI=1S/2C6H12.C6H6.C5H5NO.C5H5N.3C5H10O.C5H8.C4H4N2.C4H7NO.C4H9N.C4H5N.C4H8O.3C4H8.2C3H4N2.C3H3NS.C3H6.2C2H3N3/c3*1-2-4-6-5-3-1;7-5-3-1-2-4-6-5;4*1-2-4-6-5-3-1;1-4-2-5(1)3-4;1-2-5-4-6-3-1;6-4-2-1-3-5-4;3*1-2-4-5-3-1;3*1-2-4-3-1;1-2-5-3-4-1;1-2-4-5-3-1;1-2-5-3-4-1;1-2-3-1;1-3-2-5-4-1;1-2-4-5-3-1/h2*1-6H2;1-6H;1-4H,(H,6,7);1-5H;3*1-5H2;4-5H,1-3H2;1-4H;1-3H2,(H,5,6);5H,1-4H2;1-5H;1-4H2;3*1-4H2;2*1-3H,(H,4,5);1-3H;1-3H2;2*1-2H,(H,3,4,5). The number of carbonyl (C=O) groups is 1. The van der Waals surface area contributed by atoms with Gasteiger partial charge in [-0.25, -0.2) is 19.9 Å². The van der Waals surface area contributed by atoms with Gasteiger partial charge < -0.3 is 44.5 Å². The number of hydrogen-bond donors (Lipinski definition) is 8. The van der Waals surface area contributed by atoms with Crippen molar-refractivity contribution in [1.29, 1.82) is 0 Å². The summed E-state index contributed by atoms with van der Waals surface area (Å²) >= 11 is 1.60. The molecule has 0 radical (unpaired) electrons. The van der Waals surface area contributed by atoms with Gasteiger partial charge in [-0.3, -0.25) is 29.8 Å². The lowest BCUT2D eigenvalue weighted by Gasteiger charge is -2.49. The third-order valence-corrected chi connectivity index (χ3v) is 19.5. The van der Waals surface area contributed by atoms with Gasteiger partial charge in [0, 0.05) is 152 Å². The summed E-state index contributed by atoms with van der Waals surface area (Å²) in [5, 5.41) is 29.4. The van der Waals surface area contributed by atoms with Crippen LogP contribution in [-0.2, 0) is 23.7 Å². The Labute approximate surface area is 731 Å². The zero-order valence-corrected chi connectivity index (χ0v) is 74.7. The molecule has 9 aromatic heterocycles. The molecular weight excluding hydrogens is 1530 g/mol. The predicted octanol–water partition coefficient (Wildman–Crippen LogP) is 22.8. The van der Waals surface area contributed by atoms with Crippen LogP contribution in [0.5, 0.6) is 0 Å². The van der Waals surface area contributed by atoms with Crippen LogP contribution < -0.4 is 16.2 Å². The molecule has 0 spiro atoms. The number of hydrogen-bond acceptors (Lipinski definition) is 18. The molecule has 1 aromatic carbocycles. The van der Waals surface area contributed by atoms with E-state index in [4.69, 9.17) is 18.9 Å². The van der Waals surface area contributed by atoms with Crippen LogP contribution in [0.1, 0.15) is 289 Å². The van der Waals surface area contributed by atoms with Crippen molar-refractivity contribution in [2.24, 2.45) is 11.8 Å². The number of ether oxygens (including phenoxy) is 4. The molecule has 25 rings (SSSR count). The number of pyridine rings is 2. The average molecular weight is 1690 g/mol. The Balaban J connectivity index is 0.000000429. The summed E-state index contributed by atoms with van der Waals surface area (Å²) < 4.78 is 20.2. The number of rotatable bonds is 0. The van der Waals surface area contributed by atoms with Crippen LogP contribution in [0.25, 0.3) is 0 Å². The number of imidazole rings is 1. The van der Waals surface area contributed by atoms with Gasteiger partial charge in [0.1, 0.15) is 19.0 Å². The molecule has 6 saturated heterocycles. The highest BCUT2D eigenvalue weighted by molar-refractivity contribution is 7.07. The Bertz CT molecular complexity index is 2600. The summed E-state index contributed by atoms with van der Waals surface area (Å²) in [6.45, 7) is 11.4. The number of thiazole rings is 1. The first-order chi connectivity index (χ1) is 60.2. The van der Waals surface area contributed by atoms with Gasteiger partial charge >= 0.3 is 0 Å². The fraction of sp³-hybridized carbons (Fsp3) is 0.604. The first-order valence-corrected chi connectivity index (χ1v) is 47.0. The molecule has 25 heteroatoms. The molecule has 6 aliphatic heterocycles. The molecule has 9 aliphatic carbocycles.